The van der Waals surface area contributed by atoms with E-state index in [1.165, 1.54) is 43.9 Å². The van der Waals surface area contributed by atoms with Crippen molar-refractivity contribution in [3.8, 4) is 39.0 Å². The molecule has 5 aromatic rings. The molecule has 0 aromatic carbocycles. The van der Waals surface area contributed by atoms with Gasteiger partial charge in [0.05, 0.1) is 0 Å². The molecule has 0 atom stereocenters. The molecule has 7 heteroatoms. The third kappa shape index (κ3) is 4.76. The van der Waals surface area contributed by atoms with Gasteiger partial charge in [-0.1, -0.05) is 6.07 Å². The van der Waals surface area contributed by atoms with Crippen LogP contribution in [-0.4, -0.2) is 11.1 Å². The monoisotopic (exact) mass is 498 g/mol. The summed E-state index contributed by atoms with van der Waals surface area (Å²) in [6.07, 6.45) is 1.76. The Bertz CT molecular complexity index is 1300. The van der Waals surface area contributed by atoms with Crippen LogP contribution in [0.1, 0.15) is 17.7 Å². The van der Waals surface area contributed by atoms with Crippen LogP contribution in [0.3, 0.4) is 0 Å². The molecule has 0 fully saturated rings. The van der Waals surface area contributed by atoms with E-state index < -0.39 is 5.97 Å². The standard InChI is InChI=1S/C24H18O2S5/c25-24(26)5-1-3-15-6-7-18(28-15)19-10-11-22(30-19)23-13-12-21(31-23)20-9-8-17(29-20)16-4-2-14-27-16/h2,4,6-14H,1,3,5H2,(H,25,26). The maximum atomic E-state index is 10.7. The first-order valence-electron chi connectivity index (χ1n) is 9.81. The van der Waals surface area contributed by atoms with Crippen LogP contribution in [0.25, 0.3) is 39.0 Å². The van der Waals surface area contributed by atoms with E-state index in [4.69, 9.17) is 5.11 Å². The second kappa shape index (κ2) is 9.22. The van der Waals surface area contributed by atoms with Gasteiger partial charge in [-0.3, -0.25) is 4.79 Å². The van der Waals surface area contributed by atoms with Crippen LogP contribution < -0.4 is 0 Å². The second-order valence-corrected chi connectivity index (χ2v) is 12.3. The maximum Gasteiger partial charge on any atom is 0.303 e. The topological polar surface area (TPSA) is 37.3 Å². The van der Waals surface area contributed by atoms with E-state index in [1.807, 2.05) is 34.0 Å². The Hall–Kier alpha value is -2.03. The first-order valence-corrected chi connectivity index (χ1v) is 14.0. The van der Waals surface area contributed by atoms with E-state index in [2.05, 4.69) is 66.0 Å². The van der Waals surface area contributed by atoms with Crippen molar-refractivity contribution in [3.05, 3.63) is 70.9 Å². The van der Waals surface area contributed by atoms with Crippen molar-refractivity contribution in [2.45, 2.75) is 19.3 Å². The minimum atomic E-state index is -0.722. The van der Waals surface area contributed by atoms with Gasteiger partial charge in [0, 0.05) is 50.3 Å². The largest absolute Gasteiger partial charge is 0.481 e. The van der Waals surface area contributed by atoms with Crippen LogP contribution in [-0.2, 0) is 11.2 Å². The lowest BCUT2D eigenvalue weighted by molar-refractivity contribution is -0.137. The fourth-order valence-corrected chi connectivity index (χ4v) is 8.46. The second-order valence-electron chi connectivity index (χ2n) is 6.98. The number of carboxylic acid groups (broad SMARTS) is 1. The Morgan fingerprint density at radius 2 is 1.13 bits per heavy atom. The average Bonchev–Trinajstić information content (AvgIpc) is 3.58. The molecule has 0 bridgehead atoms. The summed E-state index contributed by atoms with van der Waals surface area (Å²) in [5.41, 5.74) is 0. The molecular formula is C24H18O2S5. The lowest BCUT2D eigenvalue weighted by Gasteiger charge is -1.94. The number of hydrogen-bond donors (Lipinski definition) is 1. The fourth-order valence-electron chi connectivity index (χ4n) is 3.29. The Kier molecular flexibility index (Phi) is 6.20. The van der Waals surface area contributed by atoms with Crippen molar-refractivity contribution in [3.63, 3.8) is 0 Å². The molecular weight excluding hydrogens is 481 g/mol. The minimum absolute atomic E-state index is 0.232. The summed E-state index contributed by atoms with van der Waals surface area (Å²) in [5, 5.41) is 10.9. The number of hydrogen-bond acceptors (Lipinski definition) is 6. The van der Waals surface area contributed by atoms with E-state index in [0.29, 0.717) is 6.42 Å². The first kappa shape index (κ1) is 20.8. The van der Waals surface area contributed by atoms with Crippen LogP contribution >= 0.6 is 56.7 Å². The van der Waals surface area contributed by atoms with Crippen molar-refractivity contribution in [1.82, 2.24) is 0 Å². The van der Waals surface area contributed by atoms with Crippen LogP contribution in [0.15, 0.2) is 66.0 Å². The third-order valence-corrected chi connectivity index (χ3v) is 10.8. The normalized spacial score (nSPS) is 11.2. The molecule has 0 unspecified atom stereocenters. The zero-order chi connectivity index (χ0) is 21.2. The van der Waals surface area contributed by atoms with Gasteiger partial charge in [0.15, 0.2) is 0 Å². The summed E-state index contributed by atoms with van der Waals surface area (Å²) in [7, 11) is 0. The van der Waals surface area contributed by atoms with E-state index >= 15 is 0 Å². The third-order valence-electron chi connectivity index (χ3n) is 4.79. The van der Waals surface area contributed by atoms with Crippen molar-refractivity contribution < 1.29 is 9.90 Å². The average molecular weight is 499 g/mol. The molecule has 0 aliphatic heterocycles. The van der Waals surface area contributed by atoms with Gasteiger partial charge in [-0.2, -0.15) is 0 Å². The highest BCUT2D eigenvalue weighted by atomic mass is 32.1. The molecule has 5 heterocycles. The molecule has 0 radical (unpaired) electrons. The Morgan fingerprint density at radius 1 is 0.645 bits per heavy atom. The number of thiophene rings is 5. The molecule has 0 aliphatic carbocycles. The summed E-state index contributed by atoms with van der Waals surface area (Å²) in [4.78, 5) is 22.4. The quantitative estimate of drug-likeness (QED) is 0.232. The van der Waals surface area contributed by atoms with Gasteiger partial charge in [0.2, 0.25) is 0 Å². The number of rotatable bonds is 8. The number of carbonyl (C=O) groups is 1. The zero-order valence-corrected chi connectivity index (χ0v) is 20.5. The van der Waals surface area contributed by atoms with E-state index in [-0.39, 0.29) is 6.42 Å². The summed E-state index contributed by atoms with van der Waals surface area (Å²) < 4.78 is 0. The fraction of sp³-hybridized carbons (Fsp3) is 0.125. The molecule has 0 saturated carbocycles. The van der Waals surface area contributed by atoms with Crippen LogP contribution in [0, 0.1) is 0 Å². The van der Waals surface area contributed by atoms with E-state index in [0.717, 1.165) is 6.42 Å². The highest BCUT2D eigenvalue weighted by Crippen LogP contribution is 2.44. The van der Waals surface area contributed by atoms with Gasteiger partial charge >= 0.3 is 5.97 Å². The molecule has 5 rings (SSSR count). The molecule has 31 heavy (non-hydrogen) atoms. The van der Waals surface area contributed by atoms with Crippen LogP contribution in [0.5, 0.6) is 0 Å². The van der Waals surface area contributed by atoms with Gasteiger partial charge in [-0.15, -0.1) is 56.7 Å². The Labute approximate surface area is 200 Å². The molecule has 0 amide bonds. The Morgan fingerprint density at radius 3 is 1.61 bits per heavy atom. The van der Waals surface area contributed by atoms with Gasteiger partial charge in [-0.25, -0.2) is 0 Å². The van der Waals surface area contributed by atoms with Gasteiger partial charge in [-0.05, 0) is 72.8 Å². The highest BCUT2D eigenvalue weighted by molar-refractivity contribution is 7.29. The highest BCUT2D eigenvalue weighted by Gasteiger charge is 2.12. The summed E-state index contributed by atoms with van der Waals surface area (Å²) in [6.45, 7) is 0. The lowest BCUT2D eigenvalue weighted by Crippen LogP contribution is -1.94. The van der Waals surface area contributed by atoms with E-state index in [1.54, 1.807) is 22.7 Å². The van der Waals surface area contributed by atoms with Crippen molar-refractivity contribution >= 4 is 62.7 Å². The summed E-state index contributed by atoms with van der Waals surface area (Å²) >= 11 is 9.09. The number of carboxylic acids is 1. The summed E-state index contributed by atoms with van der Waals surface area (Å²) in [6, 6.07) is 21.9. The Balaban J connectivity index is 1.30. The number of aliphatic carboxylic acids is 1. The predicted octanol–water partition coefficient (Wildman–Crippen LogP) is 9.07. The molecule has 5 aromatic heterocycles. The molecule has 2 nitrogen and oxygen atoms in total. The van der Waals surface area contributed by atoms with E-state index in [9.17, 15) is 4.79 Å². The van der Waals surface area contributed by atoms with Gasteiger partial charge < -0.3 is 5.11 Å². The molecule has 0 aliphatic rings. The van der Waals surface area contributed by atoms with Crippen molar-refractivity contribution in [2.24, 2.45) is 0 Å². The smallest absolute Gasteiger partial charge is 0.303 e. The predicted molar refractivity (Wildman–Crippen MR) is 138 cm³/mol. The minimum Gasteiger partial charge on any atom is -0.481 e. The lowest BCUT2D eigenvalue weighted by atomic mass is 10.2. The van der Waals surface area contributed by atoms with Crippen molar-refractivity contribution in [1.29, 1.82) is 0 Å². The maximum absolute atomic E-state index is 10.7. The van der Waals surface area contributed by atoms with Gasteiger partial charge in [0.25, 0.3) is 0 Å². The molecule has 1 N–H and O–H groups in total. The summed E-state index contributed by atoms with van der Waals surface area (Å²) in [5.74, 6) is -0.722. The molecule has 0 saturated heterocycles. The molecule has 156 valence electrons. The first-order chi connectivity index (χ1) is 15.2. The molecule has 0 spiro atoms. The SMILES string of the molecule is O=C(O)CCCc1ccc(-c2ccc(-c3ccc(-c4ccc(-c5cccs5)s4)s3)s2)s1. The van der Waals surface area contributed by atoms with Crippen molar-refractivity contribution in [2.75, 3.05) is 0 Å². The van der Waals surface area contributed by atoms with Crippen LogP contribution in [0.4, 0.5) is 0 Å². The van der Waals surface area contributed by atoms with Gasteiger partial charge in [0.1, 0.15) is 0 Å². The van der Waals surface area contributed by atoms with Crippen LogP contribution in [0.2, 0.25) is 0 Å². The zero-order valence-electron chi connectivity index (χ0n) is 16.4. The number of aryl methyl sites for hydroxylation is 1.